The first-order chi connectivity index (χ1) is 17.7. The number of carbonyl (C=O) groups is 1. The van der Waals surface area contributed by atoms with Crippen molar-refractivity contribution in [3.63, 3.8) is 0 Å². The smallest absolute Gasteiger partial charge is 0.243 e. The van der Waals surface area contributed by atoms with Gasteiger partial charge in [-0.3, -0.25) is 9.69 Å². The number of piperidine rings is 1. The Morgan fingerprint density at radius 3 is 2.32 bits per heavy atom. The van der Waals surface area contributed by atoms with E-state index in [9.17, 15) is 13.2 Å². The maximum atomic E-state index is 13.9. The monoisotopic (exact) mass is 533 g/mol. The van der Waals surface area contributed by atoms with Crippen LogP contribution < -0.4 is 4.90 Å². The van der Waals surface area contributed by atoms with E-state index in [1.807, 2.05) is 56.3 Å². The number of carbonyl (C=O) groups excluding carboxylic acids is 1. The van der Waals surface area contributed by atoms with Crippen LogP contribution in [0.25, 0.3) is 10.2 Å². The largest absolute Gasteiger partial charge is 0.283 e. The molecule has 1 fully saturated rings. The molecule has 0 radical (unpaired) electrons. The molecule has 5 rings (SSSR count). The van der Waals surface area contributed by atoms with E-state index in [0.717, 1.165) is 26.9 Å². The topological polar surface area (TPSA) is 70.6 Å². The van der Waals surface area contributed by atoms with Gasteiger partial charge in [-0.25, -0.2) is 13.4 Å². The first-order valence-corrected chi connectivity index (χ1v) is 14.8. The van der Waals surface area contributed by atoms with Crippen LogP contribution >= 0.6 is 11.3 Å². The lowest BCUT2D eigenvalue weighted by molar-refractivity contribution is -0.123. The molecule has 0 spiro atoms. The number of fused-ring (bicyclic) bond motifs is 1. The third-order valence-electron chi connectivity index (χ3n) is 6.96. The first-order valence-electron chi connectivity index (χ1n) is 12.5. The van der Waals surface area contributed by atoms with Crippen molar-refractivity contribution >= 4 is 42.6 Å². The molecule has 0 atom stereocenters. The fraction of sp³-hybridized carbons (Fsp3) is 0.310. The molecule has 0 saturated carbocycles. The van der Waals surface area contributed by atoms with Crippen molar-refractivity contribution in [2.24, 2.45) is 5.92 Å². The minimum atomic E-state index is -3.58. The number of rotatable bonds is 6. The van der Waals surface area contributed by atoms with E-state index in [0.29, 0.717) is 42.5 Å². The van der Waals surface area contributed by atoms with Crippen molar-refractivity contribution in [1.29, 1.82) is 0 Å². The lowest BCUT2D eigenvalue weighted by atomic mass is 9.96. The highest BCUT2D eigenvalue weighted by atomic mass is 32.2. The van der Waals surface area contributed by atoms with Crippen LogP contribution in [0.4, 0.5) is 5.13 Å². The molecule has 3 aromatic carbocycles. The number of anilines is 1. The van der Waals surface area contributed by atoms with Gasteiger partial charge in [0, 0.05) is 19.0 Å². The quantitative estimate of drug-likeness (QED) is 0.311. The molecule has 1 saturated heterocycles. The van der Waals surface area contributed by atoms with Gasteiger partial charge >= 0.3 is 0 Å². The summed E-state index contributed by atoms with van der Waals surface area (Å²) in [6.07, 6.45) is 0.969. The number of nitrogens with zero attached hydrogens (tertiary/aromatic N) is 3. The van der Waals surface area contributed by atoms with Gasteiger partial charge in [-0.15, -0.1) is 0 Å². The number of thiazole rings is 1. The molecule has 1 aliphatic heterocycles. The maximum Gasteiger partial charge on any atom is 0.243 e. The van der Waals surface area contributed by atoms with Crippen molar-refractivity contribution < 1.29 is 13.2 Å². The average molecular weight is 534 g/mol. The summed E-state index contributed by atoms with van der Waals surface area (Å²) >= 11 is 1.54. The third-order valence-corrected chi connectivity index (χ3v) is 9.90. The fourth-order valence-corrected chi connectivity index (χ4v) is 7.52. The van der Waals surface area contributed by atoms with Gasteiger partial charge in [0.25, 0.3) is 0 Å². The highest BCUT2D eigenvalue weighted by Crippen LogP contribution is 2.34. The molecule has 2 heterocycles. The number of amides is 1. The average Bonchev–Trinajstić information content (AvgIpc) is 3.32. The van der Waals surface area contributed by atoms with Crippen LogP contribution in [0, 0.1) is 26.7 Å². The van der Waals surface area contributed by atoms with Crippen molar-refractivity contribution in [1.82, 2.24) is 9.29 Å². The number of sulfonamides is 1. The molecular weight excluding hydrogens is 502 g/mol. The van der Waals surface area contributed by atoms with Gasteiger partial charge in [-0.2, -0.15) is 4.31 Å². The Kier molecular flexibility index (Phi) is 7.16. The fourth-order valence-electron chi connectivity index (χ4n) is 4.90. The summed E-state index contributed by atoms with van der Waals surface area (Å²) in [6.45, 7) is 7.12. The zero-order chi connectivity index (χ0) is 26.2. The van der Waals surface area contributed by atoms with E-state index in [-0.39, 0.29) is 11.8 Å². The SMILES string of the molecule is Cc1ccc(S(=O)(=O)N2CCC(C(=O)N(Cc3ccccc3)c3nc4c(C)cc(C)cc4s3)CC2)cc1. The number of hydrogen-bond acceptors (Lipinski definition) is 5. The molecule has 1 aliphatic rings. The third kappa shape index (κ3) is 5.32. The van der Waals surface area contributed by atoms with E-state index in [4.69, 9.17) is 4.98 Å². The highest BCUT2D eigenvalue weighted by molar-refractivity contribution is 7.89. The summed E-state index contributed by atoms with van der Waals surface area (Å²) < 4.78 is 28.9. The zero-order valence-corrected chi connectivity index (χ0v) is 23.0. The Morgan fingerprint density at radius 2 is 1.65 bits per heavy atom. The van der Waals surface area contributed by atoms with Crippen LogP contribution in [0.1, 0.15) is 35.1 Å². The number of benzene rings is 3. The predicted molar refractivity (Wildman–Crippen MR) is 149 cm³/mol. The van der Waals surface area contributed by atoms with Crippen molar-refractivity contribution in [2.75, 3.05) is 18.0 Å². The van der Waals surface area contributed by atoms with Crippen LogP contribution in [0.2, 0.25) is 0 Å². The molecule has 6 nitrogen and oxygen atoms in total. The van der Waals surface area contributed by atoms with Gasteiger partial charge in [0.15, 0.2) is 5.13 Å². The minimum absolute atomic E-state index is 0.00432. The van der Waals surface area contributed by atoms with Gasteiger partial charge in [-0.05, 0) is 68.5 Å². The normalized spacial score (nSPS) is 15.2. The van der Waals surface area contributed by atoms with Crippen LogP contribution in [-0.4, -0.2) is 36.7 Å². The van der Waals surface area contributed by atoms with Crippen molar-refractivity contribution in [2.45, 2.75) is 45.1 Å². The van der Waals surface area contributed by atoms with Crippen LogP contribution in [0.5, 0.6) is 0 Å². The molecule has 0 N–H and O–H groups in total. The Balaban J connectivity index is 1.39. The second-order valence-corrected chi connectivity index (χ2v) is 12.8. The molecule has 0 unspecified atom stereocenters. The highest BCUT2D eigenvalue weighted by Gasteiger charge is 2.35. The van der Waals surface area contributed by atoms with E-state index in [1.165, 1.54) is 21.2 Å². The van der Waals surface area contributed by atoms with Gasteiger partial charge in [0.05, 0.1) is 21.7 Å². The van der Waals surface area contributed by atoms with Crippen molar-refractivity contribution in [3.8, 4) is 0 Å². The summed E-state index contributed by atoms with van der Waals surface area (Å²) in [7, 11) is -3.58. The van der Waals surface area contributed by atoms with Gasteiger partial charge in [-0.1, -0.05) is 65.4 Å². The summed E-state index contributed by atoms with van der Waals surface area (Å²) in [5.74, 6) is -0.257. The second-order valence-electron chi connectivity index (χ2n) is 9.83. The summed E-state index contributed by atoms with van der Waals surface area (Å²) in [6, 6.07) is 21.1. The first kappa shape index (κ1) is 25.6. The van der Waals surface area contributed by atoms with Crippen LogP contribution in [-0.2, 0) is 21.4 Å². The zero-order valence-electron chi connectivity index (χ0n) is 21.3. The summed E-state index contributed by atoms with van der Waals surface area (Å²) in [5.41, 5.74) is 5.24. The van der Waals surface area contributed by atoms with Crippen molar-refractivity contribution in [3.05, 3.63) is 89.0 Å². The molecule has 8 heteroatoms. The molecule has 4 aromatic rings. The molecule has 1 amide bonds. The van der Waals surface area contributed by atoms with E-state index in [2.05, 4.69) is 19.1 Å². The van der Waals surface area contributed by atoms with Crippen LogP contribution in [0.3, 0.4) is 0 Å². The van der Waals surface area contributed by atoms with E-state index in [1.54, 1.807) is 17.0 Å². The molecule has 0 aliphatic carbocycles. The number of aromatic nitrogens is 1. The summed E-state index contributed by atoms with van der Waals surface area (Å²) in [5, 5.41) is 0.687. The lowest BCUT2D eigenvalue weighted by Gasteiger charge is -2.33. The Hall–Kier alpha value is -3.07. The van der Waals surface area contributed by atoms with Crippen LogP contribution in [0.15, 0.2) is 71.6 Å². The Labute approximate surface area is 222 Å². The Morgan fingerprint density at radius 1 is 0.973 bits per heavy atom. The maximum absolute atomic E-state index is 13.9. The standard InChI is InChI=1S/C29H31N3O3S2/c1-20-9-11-25(12-10-20)37(34,35)31-15-13-24(14-16-31)28(33)32(19-23-7-5-4-6-8-23)29-30-27-22(3)17-21(2)18-26(27)36-29/h4-12,17-18,24H,13-16,19H2,1-3H3. The number of aryl methyl sites for hydroxylation is 3. The molecular formula is C29H31N3O3S2. The minimum Gasteiger partial charge on any atom is -0.283 e. The number of hydrogen-bond donors (Lipinski definition) is 0. The van der Waals surface area contributed by atoms with E-state index < -0.39 is 10.0 Å². The van der Waals surface area contributed by atoms with E-state index >= 15 is 0 Å². The molecule has 1 aromatic heterocycles. The molecule has 0 bridgehead atoms. The van der Waals surface area contributed by atoms with Gasteiger partial charge in [0.1, 0.15) is 0 Å². The second kappa shape index (κ2) is 10.4. The van der Waals surface area contributed by atoms with Gasteiger partial charge < -0.3 is 0 Å². The van der Waals surface area contributed by atoms with Gasteiger partial charge in [0.2, 0.25) is 15.9 Å². The summed E-state index contributed by atoms with van der Waals surface area (Å²) in [4.78, 5) is 20.9. The predicted octanol–water partition coefficient (Wildman–Crippen LogP) is 5.86. The molecule has 37 heavy (non-hydrogen) atoms. The lowest BCUT2D eigenvalue weighted by Crippen LogP contribution is -2.44. The Bertz CT molecular complexity index is 1520. The molecule has 192 valence electrons.